The fourth-order valence-corrected chi connectivity index (χ4v) is 2.93. The van der Waals surface area contributed by atoms with E-state index in [1.165, 1.54) is 31.2 Å². The molecule has 106 valence electrons. The van der Waals surface area contributed by atoms with E-state index in [2.05, 4.69) is 0 Å². The molecule has 0 heterocycles. The molecule has 1 saturated carbocycles. The molecular weight excluding hydrogens is 240 g/mol. The minimum absolute atomic E-state index is 0.157. The summed E-state index contributed by atoms with van der Waals surface area (Å²) < 4.78 is 10.5. The lowest BCUT2D eigenvalue weighted by molar-refractivity contribution is 0.102. The maximum atomic E-state index is 10.2. The van der Waals surface area contributed by atoms with Crippen LogP contribution in [0.15, 0.2) is 18.2 Å². The van der Waals surface area contributed by atoms with Crippen LogP contribution >= 0.6 is 0 Å². The van der Waals surface area contributed by atoms with Crippen LogP contribution in [0.3, 0.4) is 0 Å². The lowest BCUT2D eigenvalue weighted by atomic mass is 9.95. The molecule has 0 aromatic heterocycles. The maximum Gasteiger partial charge on any atom is 0.160 e. The summed E-state index contributed by atoms with van der Waals surface area (Å²) in [7, 11) is 3.29. The van der Waals surface area contributed by atoms with Gasteiger partial charge in [-0.05, 0) is 49.3 Å². The van der Waals surface area contributed by atoms with Crippen molar-refractivity contribution in [3.63, 3.8) is 0 Å². The third kappa shape index (κ3) is 3.63. The van der Waals surface area contributed by atoms with Crippen LogP contribution in [0, 0.1) is 5.92 Å². The second kappa shape index (κ2) is 6.80. The maximum absolute atomic E-state index is 10.2. The third-order valence-electron chi connectivity index (χ3n) is 4.12. The Morgan fingerprint density at radius 1 is 1.16 bits per heavy atom. The van der Waals surface area contributed by atoms with Crippen molar-refractivity contribution in [2.75, 3.05) is 14.2 Å². The van der Waals surface area contributed by atoms with E-state index >= 15 is 0 Å². The first-order chi connectivity index (χ1) is 9.24. The van der Waals surface area contributed by atoms with E-state index in [-0.39, 0.29) is 6.10 Å². The Morgan fingerprint density at radius 2 is 1.84 bits per heavy atom. The van der Waals surface area contributed by atoms with Gasteiger partial charge in [0.15, 0.2) is 11.5 Å². The first kappa shape index (κ1) is 14.2. The van der Waals surface area contributed by atoms with Crippen molar-refractivity contribution in [3.8, 4) is 11.5 Å². The molecule has 3 heteroatoms. The van der Waals surface area contributed by atoms with E-state index in [0.29, 0.717) is 5.92 Å². The van der Waals surface area contributed by atoms with Crippen molar-refractivity contribution in [1.82, 2.24) is 0 Å². The Morgan fingerprint density at radius 3 is 2.47 bits per heavy atom. The number of rotatable bonds is 6. The second-order valence-electron chi connectivity index (χ2n) is 5.34. The summed E-state index contributed by atoms with van der Waals surface area (Å²) in [4.78, 5) is 0. The van der Waals surface area contributed by atoms with E-state index < -0.39 is 0 Å². The average molecular weight is 264 g/mol. The zero-order valence-electron chi connectivity index (χ0n) is 11.9. The number of hydrogen-bond acceptors (Lipinski definition) is 3. The summed E-state index contributed by atoms with van der Waals surface area (Å²) in [6, 6.07) is 5.97. The highest BCUT2D eigenvalue weighted by atomic mass is 16.5. The molecule has 0 spiro atoms. The van der Waals surface area contributed by atoms with Crippen LogP contribution in [0.5, 0.6) is 11.5 Å². The topological polar surface area (TPSA) is 38.7 Å². The number of aliphatic hydroxyl groups excluding tert-OH is 1. The minimum Gasteiger partial charge on any atom is -0.493 e. The summed E-state index contributed by atoms with van der Waals surface area (Å²) in [5.74, 6) is 2.03. The molecule has 0 aliphatic heterocycles. The predicted octanol–water partition coefficient (Wildman–Crippen LogP) is 3.19. The van der Waals surface area contributed by atoms with Gasteiger partial charge in [-0.2, -0.15) is 0 Å². The summed E-state index contributed by atoms with van der Waals surface area (Å²) in [6.45, 7) is 0. The van der Waals surface area contributed by atoms with Crippen molar-refractivity contribution >= 4 is 0 Å². The summed E-state index contributed by atoms with van der Waals surface area (Å²) in [5, 5.41) is 10.2. The van der Waals surface area contributed by atoms with Gasteiger partial charge < -0.3 is 14.6 Å². The van der Waals surface area contributed by atoms with Crippen molar-refractivity contribution in [3.05, 3.63) is 23.8 Å². The largest absolute Gasteiger partial charge is 0.493 e. The average Bonchev–Trinajstić information content (AvgIpc) is 2.98. The summed E-state index contributed by atoms with van der Waals surface area (Å²) in [6.07, 6.45) is 6.49. The molecule has 1 fully saturated rings. The predicted molar refractivity (Wildman–Crippen MR) is 75.8 cm³/mol. The van der Waals surface area contributed by atoms with Gasteiger partial charge in [-0.25, -0.2) is 0 Å². The molecule has 1 aliphatic carbocycles. The lowest BCUT2D eigenvalue weighted by Crippen LogP contribution is -2.18. The molecule has 3 nitrogen and oxygen atoms in total. The van der Waals surface area contributed by atoms with E-state index in [0.717, 1.165) is 24.3 Å². The Hall–Kier alpha value is -1.22. The van der Waals surface area contributed by atoms with Gasteiger partial charge in [-0.15, -0.1) is 0 Å². The van der Waals surface area contributed by atoms with Crippen molar-refractivity contribution in [2.24, 2.45) is 5.92 Å². The zero-order chi connectivity index (χ0) is 13.7. The van der Waals surface area contributed by atoms with Crippen LogP contribution in [-0.4, -0.2) is 25.4 Å². The van der Waals surface area contributed by atoms with Crippen molar-refractivity contribution in [2.45, 2.75) is 44.6 Å². The fraction of sp³-hybridized carbons (Fsp3) is 0.625. The monoisotopic (exact) mass is 264 g/mol. The van der Waals surface area contributed by atoms with Crippen molar-refractivity contribution in [1.29, 1.82) is 0 Å². The molecule has 1 unspecified atom stereocenters. The SMILES string of the molecule is COc1ccc(CCC(O)C2CCCC2)cc1OC. The number of hydrogen-bond donors (Lipinski definition) is 1. The number of aryl methyl sites for hydroxylation is 1. The number of aliphatic hydroxyl groups is 1. The van der Waals surface area contributed by atoms with E-state index in [9.17, 15) is 5.11 Å². The zero-order valence-corrected chi connectivity index (χ0v) is 11.9. The molecule has 0 bridgehead atoms. The van der Waals surface area contributed by atoms with Crippen LogP contribution in [0.25, 0.3) is 0 Å². The molecule has 1 atom stereocenters. The third-order valence-corrected chi connectivity index (χ3v) is 4.12. The molecule has 1 aromatic rings. The van der Waals surface area contributed by atoms with Gasteiger partial charge >= 0.3 is 0 Å². The molecule has 0 amide bonds. The summed E-state index contributed by atoms with van der Waals surface area (Å²) in [5.41, 5.74) is 1.19. The van der Waals surface area contributed by atoms with Gasteiger partial charge in [0.25, 0.3) is 0 Å². The molecule has 1 aliphatic rings. The van der Waals surface area contributed by atoms with E-state index in [1.54, 1.807) is 14.2 Å². The molecule has 0 radical (unpaired) electrons. The van der Waals surface area contributed by atoms with Crippen LogP contribution < -0.4 is 9.47 Å². The number of methoxy groups -OCH3 is 2. The quantitative estimate of drug-likeness (QED) is 0.857. The first-order valence-electron chi connectivity index (χ1n) is 7.13. The molecule has 0 saturated heterocycles. The highest BCUT2D eigenvalue weighted by Crippen LogP contribution is 2.31. The van der Waals surface area contributed by atoms with Crippen molar-refractivity contribution < 1.29 is 14.6 Å². The normalized spacial score (nSPS) is 17.4. The number of benzene rings is 1. The minimum atomic E-state index is -0.157. The summed E-state index contributed by atoms with van der Waals surface area (Å²) >= 11 is 0. The highest BCUT2D eigenvalue weighted by molar-refractivity contribution is 5.42. The van der Waals surface area contributed by atoms with Crippen LogP contribution in [0.1, 0.15) is 37.7 Å². The van der Waals surface area contributed by atoms with Gasteiger partial charge in [-0.3, -0.25) is 0 Å². The first-order valence-corrected chi connectivity index (χ1v) is 7.13. The van der Waals surface area contributed by atoms with Crippen LogP contribution in [-0.2, 0) is 6.42 Å². The molecule has 1 aromatic carbocycles. The standard InChI is InChI=1S/C16H24O3/c1-18-15-10-8-12(11-16(15)19-2)7-9-14(17)13-5-3-4-6-13/h8,10-11,13-14,17H,3-7,9H2,1-2H3. The highest BCUT2D eigenvalue weighted by Gasteiger charge is 2.22. The lowest BCUT2D eigenvalue weighted by Gasteiger charge is -2.17. The smallest absolute Gasteiger partial charge is 0.160 e. The van der Waals surface area contributed by atoms with Crippen LogP contribution in [0.2, 0.25) is 0 Å². The molecule has 19 heavy (non-hydrogen) atoms. The van der Waals surface area contributed by atoms with E-state index in [4.69, 9.17) is 9.47 Å². The second-order valence-corrected chi connectivity index (χ2v) is 5.34. The molecular formula is C16H24O3. The van der Waals surface area contributed by atoms with Gasteiger partial charge in [-0.1, -0.05) is 18.9 Å². The Bertz CT molecular complexity index is 397. The van der Waals surface area contributed by atoms with E-state index in [1.807, 2.05) is 18.2 Å². The molecule has 2 rings (SSSR count). The fourth-order valence-electron chi connectivity index (χ4n) is 2.93. The van der Waals surface area contributed by atoms with Gasteiger partial charge in [0.1, 0.15) is 0 Å². The Balaban J connectivity index is 1.91. The van der Waals surface area contributed by atoms with Gasteiger partial charge in [0.05, 0.1) is 20.3 Å². The molecule has 1 N–H and O–H groups in total. The Labute approximate surface area is 115 Å². The van der Waals surface area contributed by atoms with Gasteiger partial charge in [0.2, 0.25) is 0 Å². The number of ether oxygens (including phenoxy) is 2. The Kier molecular flexibility index (Phi) is 5.08. The van der Waals surface area contributed by atoms with Crippen LogP contribution in [0.4, 0.5) is 0 Å². The van der Waals surface area contributed by atoms with Gasteiger partial charge in [0, 0.05) is 0 Å².